The highest BCUT2D eigenvalue weighted by atomic mass is 16.4. The molecule has 288 valence electrons. The number of unbranched alkanes of at least 4 members (excludes halogenated alkanes) is 31. The van der Waals surface area contributed by atoms with E-state index in [4.69, 9.17) is 5.73 Å². The van der Waals surface area contributed by atoms with Gasteiger partial charge in [-0.15, -0.1) is 0 Å². The fourth-order valence-electron chi connectivity index (χ4n) is 6.72. The summed E-state index contributed by atoms with van der Waals surface area (Å²) in [5.41, 5.74) is 5.21. The lowest BCUT2D eigenvalue weighted by Crippen LogP contribution is -2.13. The SMILES string of the molecule is CCCCCCCC/C=C\CCCCCCCCCCC(CCCCCCCCCCCCCCCCCC)C(=O)O.CCCCCN. The Hall–Kier alpha value is -0.830. The first-order chi connectivity index (χ1) is 23.6. The van der Waals surface area contributed by atoms with Crippen LogP contribution < -0.4 is 5.73 Å². The molecule has 0 aliphatic carbocycles. The lowest BCUT2D eigenvalue weighted by Gasteiger charge is -2.12. The molecule has 0 rings (SSSR count). The molecule has 0 spiro atoms. The van der Waals surface area contributed by atoms with E-state index in [-0.39, 0.29) is 5.92 Å². The standard InChI is InChI=1S/C40H78O2.C5H13N/c1-3-5-7-9-11-13-15-17-19-21-22-24-26-28-30-32-34-36-38-39(40(41)42)37-35-33-31-29-27-25-23-20-18-16-14-12-10-8-6-4-2;1-2-3-4-5-6/h17,19,39H,3-16,18,20-38H2,1-2H3,(H,41,42);2-6H2,1H3/b19-17-;. The molecule has 0 saturated heterocycles. The number of hydrogen-bond donors (Lipinski definition) is 2. The molecule has 0 aliphatic heterocycles. The average Bonchev–Trinajstić information content (AvgIpc) is 3.09. The van der Waals surface area contributed by atoms with Gasteiger partial charge in [0, 0.05) is 0 Å². The molecule has 1 unspecified atom stereocenters. The second-order valence-electron chi connectivity index (χ2n) is 15.1. The van der Waals surface area contributed by atoms with Crippen molar-refractivity contribution >= 4 is 5.97 Å². The second kappa shape index (κ2) is 46.2. The summed E-state index contributed by atoms with van der Waals surface area (Å²) in [6.07, 6.45) is 53.5. The van der Waals surface area contributed by atoms with Gasteiger partial charge < -0.3 is 10.8 Å². The van der Waals surface area contributed by atoms with Crippen LogP contribution in [0.5, 0.6) is 0 Å². The molecule has 0 fully saturated rings. The first-order valence-electron chi connectivity index (χ1n) is 22.2. The zero-order valence-corrected chi connectivity index (χ0v) is 33.5. The molecular formula is C45H91NO2. The Labute approximate surface area is 303 Å². The minimum Gasteiger partial charge on any atom is -0.481 e. The zero-order chi connectivity index (χ0) is 35.4. The summed E-state index contributed by atoms with van der Waals surface area (Å²) < 4.78 is 0. The molecular weight excluding hydrogens is 587 g/mol. The number of hydrogen-bond acceptors (Lipinski definition) is 2. The lowest BCUT2D eigenvalue weighted by atomic mass is 9.94. The maximum Gasteiger partial charge on any atom is 0.306 e. The van der Waals surface area contributed by atoms with E-state index < -0.39 is 5.97 Å². The highest BCUT2D eigenvalue weighted by Crippen LogP contribution is 2.20. The molecule has 0 amide bonds. The minimum absolute atomic E-state index is 0.106. The van der Waals surface area contributed by atoms with Crippen molar-refractivity contribution in [1.29, 1.82) is 0 Å². The van der Waals surface area contributed by atoms with Crippen molar-refractivity contribution in [1.82, 2.24) is 0 Å². The van der Waals surface area contributed by atoms with Gasteiger partial charge in [-0.3, -0.25) is 4.79 Å². The van der Waals surface area contributed by atoms with Gasteiger partial charge in [0.15, 0.2) is 0 Å². The Balaban J connectivity index is 0. The van der Waals surface area contributed by atoms with Crippen molar-refractivity contribution in [2.24, 2.45) is 11.7 Å². The third kappa shape index (κ3) is 45.2. The van der Waals surface area contributed by atoms with E-state index in [0.29, 0.717) is 0 Å². The van der Waals surface area contributed by atoms with Crippen LogP contribution >= 0.6 is 0 Å². The van der Waals surface area contributed by atoms with Crippen molar-refractivity contribution in [2.45, 2.75) is 258 Å². The predicted octanol–water partition coefficient (Wildman–Crippen LogP) is 15.7. The number of nitrogens with two attached hydrogens (primary N) is 1. The molecule has 3 heteroatoms. The number of aliphatic carboxylic acids is 1. The molecule has 0 aromatic rings. The smallest absolute Gasteiger partial charge is 0.306 e. The van der Waals surface area contributed by atoms with Crippen LogP contribution in [-0.4, -0.2) is 17.6 Å². The Morgan fingerprint density at radius 1 is 0.417 bits per heavy atom. The Bertz CT molecular complexity index is 600. The number of carboxylic acids is 1. The third-order valence-corrected chi connectivity index (χ3v) is 10.1. The van der Waals surface area contributed by atoms with E-state index in [1.807, 2.05) is 0 Å². The molecule has 0 aliphatic rings. The summed E-state index contributed by atoms with van der Waals surface area (Å²) in [6.45, 7) is 7.60. The van der Waals surface area contributed by atoms with E-state index in [1.54, 1.807) is 0 Å². The predicted molar refractivity (Wildman–Crippen MR) is 217 cm³/mol. The van der Waals surface area contributed by atoms with Crippen LogP contribution in [0.15, 0.2) is 12.2 Å². The minimum atomic E-state index is -0.558. The van der Waals surface area contributed by atoms with Gasteiger partial charge in [0.05, 0.1) is 5.92 Å². The van der Waals surface area contributed by atoms with Gasteiger partial charge in [-0.25, -0.2) is 0 Å². The maximum absolute atomic E-state index is 11.7. The van der Waals surface area contributed by atoms with Gasteiger partial charge in [0.2, 0.25) is 0 Å². The fraction of sp³-hybridized carbons (Fsp3) is 0.933. The number of rotatable bonds is 39. The molecule has 0 aromatic carbocycles. The van der Waals surface area contributed by atoms with E-state index >= 15 is 0 Å². The molecule has 3 nitrogen and oxygen atoms in total. The molecule has 1 atom stereocenters. The van der Waals surface area contributed by atoms with E-state index in [9.17, 15) is 9.90 Å². The van der Waals surface area contributed by atoms with Crippen LogP contribution in [-0.2, 0) is 4.79 Å². The number of carboxylic acid groups (broad SMARTS) is 1. The van der Waals surface area contributed by atoms with Crippen molar-refractivity contribution in [2.75, 3.05) is 6.54 Å². The summed E-state index contributed by atoms with van der Waals surface area (Å²) in [4.78, 5) is 11.7. The molecule has 0 aromatic heterocycles. The highest BCUT2D eigenvalue weighted by Gasteiger charge is 2.16. The van der Waals surface area contributed by atoms with Crippen LogP contribution in [0, 0.1) is 5.92 Å². The second-order valence-corrected chi connectivity index (χ2v) is 15.1. The maximum atomic E-state index is 11.7. The highest BCUT2D eigenvalue weighted by molar-refractivity contribution is 5.69. The van der Waals surface area contributed by atoms with Crippen LogP contribution in [0.25, 0.3) is 0 Å². The van der Waals surface area contributed by atoms with E-state index in [1.165, 1.54) is 212 Å². The normalized spacial score (nSPS) is 12.0. The Morgan fingerprint density at radius 2 is 0.667 bits per heavy atom. The van der Waals surface area contributed by atoms with Crippen molar-refractivity contribution in [3.63, 3.8) is 0 Å². The molecule has 3 N–H and O–H groups in total. The van der Waals surface area contributed by atoms with E-state index in [0.717, 1.165) is 32.2 Å². The molecule has 0 heterocycles. The van der Waals surface area contributed by atoms with Crippen LogP contribution in [0.4, 0.5) is 0 Å². The largest absolute Gasteiger partial charge is 0.481 e. The molecule has 48 heavy (non-hydrogen) atoms. The van der Waals surface area contributed by atoms with Crippen LogP contribution in [0.1, 0.15) is 258 Å². The lowest BCUT2D eigenvalue weighted by molar-refractivity contribution is -0.142. The first-order valence-corrected chi connectivity index (χ1v) is 22.2. The van der Waals surface area contributed by atoms with Crippen LogP contribution in [0.3, 0.4) is 0 Å². The summed E-state index contributed by atoms with van der Waals surface area (Å²) in [6, 6.07) is 0. The summed E-state index contributed by atoms with van der Waals surface area (Å²) in [5, 5.41) is 9.64. The topological polar surface area (TPSA) is 63.3 Å². The third-order valence-electron chi connectivity index (χ3n) is 10.1. The molecule has 0 bridgehead atoms. The summed E-state index contributed by atoms with van der Waals surface area (Å²) in [7, 11) is 0. The van der Waals surface area contributed by atoms with Crippen molar-refractivity contribution in [3.8, 4) is 0 Å². The van der Waals surface area contributed by atoms with Gasteiger partial charge in [0.1, 0.15) is 0 Å². The Kier molecular flexibility index (Phi) is 47.4. The first kappa shape index (κ1) is 49.3. The Morgan fingerprint density at radius 3 is 0.917 bits per heavy atom. The fourth-order valence-corrected chi connectivity index (χ4v) is 6.72. The molecule has 0 saturated carbocycles. The van der Waals surface area contributed by atoms with E-state index in [2.05, 4.69) is 32.9 Å². The van der Waals surface area contributed by atoms with Gasteiger partial charge in [0.25, 0.3) is 0 Å². The van der Waals surface area contributed by atoms with Crippen molar-refractivity contribution in [3.05, 3.63) is 12.2 Å². The van der Waals surface area contributed by atoms with Gasteiger partial charge in [-0.1, -0.05) is 226 Å². The molecule has 0 radical (unpaired) electrons. The van der Waals surface area contributed by atoms with Crippen molar-refractivity contribution < 1.29 is 9.90 Å². The number of carbonyl (C=O) groups is 1. The monoisotopic (exact) mass is 678 g/mol. The summed E-state index contributed by atoms with van der Waals surface area (Å²) in [5.74, 6) is -0.664. The quantitative estimate of drug-likeness (QED) is 0.0503. The zero-order valence-electron chi connectivity index (χ0n) is 33.5. The number of allylic oxidation sites excluding steroid dienone is 2. The average molecular weight is 678 g/mol. The van der Waals surface area contributed by atoms with Gasteiger partial charge in [-0.2, -0.15) is 0 Å². The van der Waals surface area contributed by atoms with Crippen LogP contribution in [0.2, 0.25) is 0 Å². The van der Waals surface area contributed by atoms with Gasteiger partial charge in [-0.05, 0) is 51.5 Å². The summed E-state index contributed by atoms with van der Waals surface area (Å²) >= 11 is 0. The van der Waals surface area contributed by atoms with Gasteiger partial charge >= 0.3 is 5.97 Å².